The summed E-state index contributed by atoms with van der Waals surface area (Å²) in [5, 5.41) is 17.4. The van der Waals surface area contributed by atoms with Crippen LogP contribution in [0, 0.1) is 20.6 Å². The van der Waals surface area contributed by atoms with Gasteiger partial charge in [0.1, 0.15) is 0 Å². The lowest BCUT2D eigenvalue weighted by atomic mass is 10.2. The van der Waals surface area contributed by atoms with Crippen LogP contribution in [0.1, 0.15) is 21.5 Å². The molecule has 0 aliphatic carbocycles. The van der Waals surface area contributed by atoms with Gasteiger partial charge in [0, 0.05) is 23.4 Å². The zero-order valence-corrected chi connectivity index (χ0v) is 20.9. The molecule has 0 bridgehead atoms. The number of nitrogens with zero attached hydrogens (tertiary/aromatic N) is 2. The number of hydrogen-bond donors (Lipinski definition) is 2. The number of methoxy groups -OCH3 is 1. The molecule has 0 spiro atoms. The number of amides is 2. The summed E-state index contributed by atoms with van der Waals surface area (Å²) in [5.74, 6) is -0.0339. The lowest BCUT2D eigenvalue weighted by Gasteiger charge is -2.13. The molecule has 3 aromatic carbocycles. The van der Waals surface area contributed by atoms with Gasteiger partial charge < -0.3 is 14.8 Å². The summed E-state index contributed by atoms with van der Waals surface area (Å²) in [6.45, 7) is 1.73. The Hall–Kier alpha value is -4.00. The van der Waals surface area contributed by atoms with Crippen LogP contribution in [0.3, 0.4) is 0 Å². The Morgan fingerprint density at radius 2 is 1.89 bits per heavy atom. The van der Waals surface area contributed by atoms with Gasteiger partial charge in [-0.15, -0.1) is 0 Å². The Labute approximate surface area is 214 Å². The second-order valence-electron chi connectivity index (χ2n) is 7.24. The predicted molar refractivity (Wildman–Crippen MR) is 139 cm³/mol. The maximum atomic E-state index is 12.3. The molecule has 2 amide bonds. The molecule has 0 aliphatic heterocycles. The summed E-state index contributed by atoms with van der Waals surface area (Å²) in [5.41, 5.74) is 4.82. The van der Waals surface area contributed by atoms with Crippen LogP contribution >= 0.6 is 22.6 Å². The van der Waals surface area contributed by atoms with E-state index in [-0.39, 0.29) is 23.8 Å². The second kappa shape index (κ2) is 11.9. The van der Waals surface area contributed by atoms with Crippen molar-refractivity contribution in [3.05, 3.63) is 91.0 Å². The molecule has 0 saturated heterocycles. The normalized spacial score (nSPS) is 10.6. The van der Waals surface area contributed by atoms with Crippen LogP contribution < -0.4 is 20.2 Å². The Morgan fingerprint density at radius 1 is 1.14 bits per heavy atom. The topological polar surface area (TPSA) is 132 Å². The molecular weight excluding hydrogens is 567 g/mol. The van der Waals surface area contributed by atoms with Crippen molar-refractivity contribution < 1.29 is 24.0 Å². The number of nitro benzene ring substituents is 1. The number of halogens is 1. The smallest absolute Gasteiger partial charge is 0.271 e. The lowest BCUT2D eigenvalue weighted by Crippen LogP contribution is -2.20. The fraction of sp³-hybridized carbons (Fsp3) is 0.125. The monoisotopic (exact) mass is 588 g/mol. The van der Waals surface area contributed by atoms with Gasteiger partial charge in [0.15, 0.2) is 18.1 Å². The first-order valence-corrected chi connectivity index (χ1v) is 11.3. The average molecular weight is 588 g/mol. The Morgan fingerprint density at radius 3 is 2.54 bits per heavy atom. The first-order valence-electron chi connectivity index (χ1n) is 10.2. The fourth-order valence-electron chi connectivity index (χ4n) is 2.98. The number of benzene rings is 3. The SMILES string of the molecule is COc1cc(/C=N/NC(=O)c2ccc([N+](=O)[O-])cc2)cc(I)c1OCC(=O)Nc1cccc(C)c1. The highest BCUT2D eigenvalue weighted by Crippen LogP contribution is 2.33. The molecule has 0 aliphatic rings. The minimum Gasteiger partial charge on any atom is -0.493 e. The number of nitrogens with one attached hydrogen (secondary N) is 2. The molecule has 35 heavy (non-hydrogen) atoms. The summed E-state index contributed by atoms with van der Waals surface area (Å²) in [4.78, 5) is 34.6. The van der Waals surface area contributed by atoms with Crippen molar-refractivity contribution in [1.29, 1.82) is 0 Å². The first-order chi connectivity index (χ1) is 16.8. The summed E-state index contributed by atoms with van der Waals surface area (Å²) in [6.07, 6.45) is 1.42. The number of hydrazone groups is 1. The quantitative estimate of drug-likeness (QED) is 0.166. The van der Waals surface area contributed by atoms with Gasteiger partial charge in [-0.1, -0.05) is 12.1 Å². The van der Waals surface area contributed by atoms with E-state index in [2.05, 4.69) is 38.4 Å². The second-order valence-corrected chi connectivity index (χ2v) is 8.41. The van der Waals surface area contributed by atoms with Crippen molar-refractivity contribution >= 4 is 52.0 Å². The van der Waals surface area contributed by atoms with Gasteiger partial charge in [0.05, 0.1) is 21.8 Å². The van der Waals surface area contributed by atoms with Gasteiger partial charge in [0.25, 0.3) is 17.5 Å². The number of non-ortho nitro benzene ring substituents is 1. The summed E-state index contributed by atoms with van der Waals surface area (Å²) < 4.78 is 11.8. The molecule has 0 atom stereocenters. The van der Waals surface area contributed by atoms with Crippen LogP contribution in [0.5, 0.6) is 11.5 Å². The van der Waals surface area contributed by atoms with Crippen LogP contribution in [0.25, 0.3) is 0 Å². The van der Waals surface area contributed by atoms with Crippen LogP contribution in [0.4, 0.5) is 11.4 Å². The molecule has 0 fully saturated rings. The van der Waals surface area contributed by atoms with Gasteiger partial charge in [-0.25, -0.2) is 5.43 Å². The van der Waals surface area contributed by atoms with E-state index in [4.69, 9.17) is 9.47 Å². The number of ether oxygens (including phenoxy) is 2. The molecule has 11 heteroatoms. The molecule has 0 radical (unpaired) electrons. The van der Waals surface area contributed by atoms with Gasteiger partial charge in [-0.3, -0.25) is 19.7 Å². The standard InChI is InChI=1S/C24H21IN4O6/c1-15-4-3-5-18(10-15)27-22(30)14-35-23-20(25)11-16(12-21(23)34-2)13-26-28-24(31)17-6-8-19(9-7-17)29(32)33/h3-13H,14H2,1-2H3,(H,27,30)(H,28,31)/b26-13+. The molecule has 2 N–H and O–H groups in total. The fourth-order valence-corrected chi connectivity index (χ4v) is 3.76. The van der Waals surface area contributed by atoms with Gasteiger partial charge in [-0.05, 0) is 77.0 Å². The van der Waals surface area contributed by atoms with Crippen LogP contribution in [-0.2, 0) is 4.79 Å². The van der Waals surface area contributed by atoms with E-state index in [0.29, 0.717) is 26.3 Å². The van der Waals surface area contributed by atoms with Crippen molar-refractivity contribution in [2.45, 2.75) is 6.92 Å². The predicted octanol–water partition coefficient (Wildman–Crippen LogP) is 4.30. The number of nitro groups is 1. The highest BCUT2D eigenvalue weighted by Gasteiger charge is 2.14. The van der Waals surface area contributed by atoms with E-state index in [1.807, 2.05) is 25.1 Å². The first kappa shape index (κ1) is 25.6. The number of carbonyl (C=O) groups excluding carboxylic acids is 2. The molecule has 3 rings (SSSR count). The molecule has 180 valence electrons. The lowest BCUT2D eigenvalue weighted by molar-refractivity contribution is -0.384. The summed E-state index contributed by atoms with van der Waals surface area (Å²) >= 11 is 2.05. The molecular formula is C24H21IN4O6. The van der Waals surface area contributed by atoms with Crippen molar-refractivity contribution in [1.82, 2.24) is 5.43 Å². The van der Waals surface area contributed by atoms with Crippen LogP contribution in [0.2, 0.25) is 0 Å². The van der Waals surface area contributed by atoms with E-state index < -0.39 is 10.8 Å². The molecule has 0 saturated carbocycles. The maximum absolute atomic E-state index is 12.3. The third-order valence-corrected chi connectivity index (χ3v) is 5.42. The van der Waals surface area contributed by atoms with Crippen molar-refractivity contribution in [3.8, 4) is 11.5 Å². The molecule has 0 heterocycles. The van der Waals surface area contributed by atoms with Gasteiger partial charge in [0.2, 0.25) is 0 Å². The van der Waals surface area contributed by atoms with E-state index in [0.717, 1.165) is 5.56 Å². The number of rotatable bonds is 9. The third kappa shape index (κ3) is 7.24. The maximum Gasteiger partial charge on any atom is 0.271 e. The zero-order valence-electron chi connectivity index (χ0n) is 18.8. The highest BCUT2D eigenvalue weighted by atomic mass is 127. The Kier molecular flexibility index (Phi) is 8.73. The Balaban J connectivity index is 1.62. The van der Waals surface area contributed by atoms with Gasteiger partial charge in [-0.2, -0.15) is 5.10 Å². The molecule has 10 nitrogen and oxygen atoms in total. The minimum atomic E-state index is -0.543. The van der Waals surface area contributed by atoms with Crippen LogP contribution in [-0.4, -0.2) is 36.7 Å². The summed E-state index contributed by atoms with van der Waals surface area (Å²) in [7, 11) is 1.47. The van der Waals surface area contributed by atoms with Gasteiger partial charge >= 0.3 is 0 Å². The number of anilines is 1. The van der Waals surface area contributed by atoms with E-state index in [9.17, 15) is 19.7 Å². The number of carbonyl (C=O) groups is 2. The molecule has 0 aromatic heterocycles. The third-order valence-electron chi connectivity index (χ3n) is 4.62. The van der Waals surface area contributed by atoms with Crippen LogP contribution in [0.15, 0.2) is 65.8 Å². The van der Waals surface area contributed by atoms with E-state index in [1.165, 1.54) is 37.6 Å². The minimum absolute atomic E-state index is 0.110. The van der Waals surface area contributed by atoms with E-state index >= 15 is 0 Å². The number of aryl methyl sites for hydroxylation is 1. The van der Waals surface area contributed by atoms with Crippen molar-refractivity contribution in [2.75, 3.05) is 19.0 Å². The van der Waals surface area contributed by atoms with Crippen molar-refractivity contribution in [2.24, 2.45) is 5.10 Å². The zero-order chi connectivity index (χ0) is 25.4. The largest absolute Gasteiger partial charge is 0.493 e. The van der Waals surface area contributed by atoms with E-state index in [1.54, 1.807) is 18.2 Å². The molecule has 0 unspecified atom stereocenters. The van der Waals surface area contributed by atoms with Crippen molar-refractivity contribution in [3.63, 3.8) is 0 Å². The Bertz CT molecular complexity index is 1280. The number of hydrogen-bond acceptors (Lipinski definition) is 7. The molecule has 3 aromatic rings. The highest BCUT2D eigenvalue weighted by molar-refractivity contribution is 14.1. The average Bonchev–Trinajstić information content (AvgIpc) is 2.83. The summed E-state index contributed by atoms with van der Waals surface area (Å²) in [6, 6.07) is 16.0.